The maximum absolute atomic E-state index is 12.2. The lowest BCUT2D eigenvalue weighted by Gasteiger charge is -2.70. The number of aromatic amines is 4. The second-order valence-corrected chi connectivity index (χ2v) is 49.2. The van der Waals surface area contributed by atoms with Crippen molar-refractivity contribution in [3.05, 3.63) is 261 Å². The predicted octanol–water partition coefficient (Wildman–Crippen LogP) is 24.3. The number of carbonyl (C=O) groups excluding carboxylic acids is 2. The van der Waals surface area contributed by atoms with Gasteiger partial charge in [0.1, 0.15) is 52.5 Å². The molecule has 746 valence electrons. The molecule has 4 aromatic heterocycles. The van der Waals surface area contributed by atoms with E-state index in [0.717, 1.165) is 106 Å². The van der Waals surface area contributed by atoms with Crippen molar-refractivity contribution in [2.75, 3.05) is 56.8 Å². The monoisotopic (exact) mass is 2170 g/mol. The number of alkyl halides is 2. The topological polar surface area (TPSA) is 207 Å². The van der Waals surface area contributed by atoms with Crippen LogP contribution in [0.2, 0.25) is 0 Å². The average molecular weight is 2170 g/mol. The summed E-state index contributed by atoms with van der Waals surface area (Å²) in [5.74, 6) is 7.04. The van der Waals surface area contributed by atoms with Crippen LogP contribution >= 0.6 is 70.0 Å². The molecule has 7 N–H and O–H groups in total. The Morgan fingerprint density at radius 2 is 0.610 bits per heavy atom. The van der Waals surface area contributed by atoms with Gasteiger partial charge in [0.15, 0.2) is 0 Å². The maximum Gasteiger partial charge on any atom is 0.410 e. The first kappa shape index (κ1) is 98.5. The highest BCUT2D eigenvalue weighted by molar-refractivity contribution is 14.1. The average Bonchev–Trinajstić information content (AvgIpc) is 1.52. The molecule has 2 amide bonds. The van der Waals surface area contributed by atoms with Gasteiger partial charge in [-0.15, -0.1) is 24.8 Å². The number of phenolic OH excluding ortho intramolecular Hbond substituents is 1. The van der Waals surface area contributed by atoms with Crippen LogP contribution in [-0.4, -0.2) is 203 Å². The molecule has 8 aromatic carbocycles. The number of likely N-dealkylation sites (tertiary alicyclic amines) is 2. The van der Waals surface area contributed by atoms with Gasteiger partial charge in [0.2, 0.25) is 0 Å². The smallest absolute Gasteiger partial charge is 0.410 e. The summed E-state index contributed by atoms with van der Waals surface area (Å²) in [4.78, 5) is 53.6. The Morgan fingerprint density at radius 3 is 0.830 bits per heavy atom. The summed E-state index contributed by atoms with van der Waals surface area (Å²) in [5, 5.41) is 21.9. The molecule has 8 bridgehead atoms. The van der Waals surface area contributed by atoms with E-state index >= 15 is 0 Å². The number of nitrogens with zero attached hydrogens (tertiary/aromatic N) is 6. The summed E-state index contributed by atoms with van der Waals surface area (Å²) in [7, 11) is 0. The molecule has 0 unspecified atom stereocenters. The Kier molecular flexibility index (Phi) is 27.0. The molecular formula is C117H142Cl2I2N12O8. The number of aromatic hydroxyl groups is 1. The number of aromatic nitrogens is 4. The number of nitrogens with one attached hydrogen (secondary N) is 6. The molecule has 12 saturated carbocycles. The van der Waals surface area contributed by atoms with Crippen LogP contribution < -0.4 is 24.8 Å². The zero-order chi connectivity index (χ0) is 95.5. The summed E-state index contributed by atoms with van der Waals surface area (Å²) in [6, 6.07) is 72.8. The largest absolute Gasteiger partial charge is 0.508 e. The van der Waals surface area contributed by atoms with Gasteiger partial charge in [-0.25, -0.2) is 9.59 Å². The number of H-pyrrole nitrogens is 4. The normalized spacial score (nSPS) is 29.5. The van der Waals surface area contributed by atoms with Crippen LogP contribution in [0.4, 0.5) is 9.59 Å². The van der Waals surface area contributed by atoms with Crippen LogP contribution in [0, 0.1) is 23.7 Å². The van der Waals surface area contributed by atoms with Crippen LogP contribution in [-0.2, 0) is 35.2 Å². The number of rotatable bonds is 15. The van der Waals surface area contributed by atoms with Crippen molar-refractivity contribution >= 4 is 126 Å². The van der Waals surface area contributed by atoms with E-state index < -0.39 is 5.60 Å². The molecule has 8 atom stereocenters. The van der Waals surface area contributed by atoms with Crippen molar-refractivity contribution in [2.24, 2.45) is 23.7 Å². The molecule has 32 rings (SSSR count). The van der Waals surface area contributed by atoms with E-state index in [9.17, 15) is 14.7 Å². The van der Waals surface area contributed by atoms with Gasteiger partial charge in [0.25, 0.3) is 0 Å². The number of carbonyl (C=O) groups is 2. The van der Waals surface area contributed by atoms with Gasteiger partial charge in [-0.3, -0.25) is 19.6 Å². The standard InChI is InChI=1S/C31H37N3O3.2C26H29N3O.C23H24N2O.C8H14INO2.C3H7I.2ClH/c1-19-13-25-24-7-5-6-8-26(24)32-27(25)28(34(19)31-14-20(15-31)16-31)21-9-11-22(12-10-21)36-23-17-33(18-23)29(35)37-30(2,3)4;2*1-16-10-22-21-4-2-3-5-23(21)28-24(22)25(29(16)26-11-17(12-26)13-26)18-6-8-19(9-7-18)30-20-14-27-15-20;1-14-10-19-18-4-2-3-5-20(18)24-21(19)22(16-6-8-17(26)9-7-16)25(14)23-11-15(12-23)13-23;1-8(2,3)12-7(11)10-4-6(9)5-10;1-2-3-4;;/h5-12,19-20,23,28,32H,13-18H2,1-4H3;2*2-9,16-17,20,25,27-28H,10-15H2,1H3;2-9,14-15,22,24,26H,10-13H2,1H3;6H,4-5H2,1-3H3;2-3H2,1H3;2*1H/t19-,20?,28-,31?;2*16-,17?,25-,26?;14-,15?,22-,23?;;;;/m1111..../s1. The van der Waals surface area contributed by atoms with E-state index in [1.54, 1.807) is 9.80 Å². The molecule has 12 aromatic rings. The summed E-state index contributed by atoms with van der Waals surface area (Å²) < 4.78 is 30.9. The van der Waals surface area contributed by atoms with E-state index in [-0.39, 0.29) is 60.8 Å². The van der Waals surface area contributed by atoms with Gasteiger partial charge in [-0.1, -0.05) is 173 Å². The summed E-state index contributed by atoms with van der Waals surface area (Å²) in [6.45, 7) is 29.8. The van der Waals surface area contributed by atoms with Crippen molar-refractivity contribution < 1.29 is 38.4 Å². The number of halogens is 4. The lowest BCUT2D eigenvalue weighted by molar-refractivity contribution is -0.174. The van der Waals surface area contributed by atoms with Crippen LogP contribution in [0.3, 0.4) is 0 Å². The number of para-hydroxylation sites is 4. The molecular weight excluding hydrogens is 2030 g/mol. The van der Waals surface area contributed by atoms with Gasteiger partial charge >= 0.3 is 12.2 Å². The highest BCUT2D eigenvalue weighted by atomic mass is 127. The Hall–Kier alpha value is -8.54. The van der Waals surface area contributed by atoms with Crippen molar-refractivity contribution in [1.29, 1.82) is 0 Å². The Morgan fingerprint density at radius 1 is 0.369 bits per heavy atom. The third-order valence-corrected chi connectivity index (χ3v) is 35.9. The van der Waals surface area contributed by atoms with E-state index in [0.29, 0.717) is 93.4 Å². The number of hydrogen-bond acceptors (Lipinski definition) is 14. The molecule has 4 saturated heterocycles. The lowest BCUT2D eigenvalue weighted by Crippen LogP contribution is -2.71. The number of hydrogen-bond donors (Lipinski definition) is 7. The minimum absolute atomic E-state index is 0. The first-order valence-corrected chi connectivity index (χ1v) is 55.0. The zero-order valence-corrected chi connectivity index (χ0v) is 89.6. The molecule has 0 spiro atoms. The predicted molar refractivity (Wildman–Crippen MR) is 584 cm³/mol. The van der Waals surface area contributed by atoms with Crippen molar-refractivity contribution in [3.8, 4) is 23.0 Å². The lowest BCUT2D eigenvalue weighted by atomic mass is 9.48. The number of amides is 2. The molecule has 12 heterocycles. The van der Waals surface area contributed by atoms with E-state index in [1.807, 2.05) is 53.7 Å². The van der Waals surface area contributed by atoms with E-state index in [2.05, 4.69) is 312 Å². The van der Waals surface area contributed by atoms with Crippen molar-refractivity contribution in [2.45, 2.75) is 289 Å². The Balaban J connectivity index is 0.000000106. The first-order chi connectivity index (χ1) is 67.0. The van der Waals surface area contributed by atoms with Crippen LogP contribution in [0.15, 0.2) is 194 Å². The van der Waals surface area contributed by atoms with E-state index in [4.69, 9.17) is 23.7 Å². The fourth-order valence-corrected chi connectivity index (χ4v) is 28.1. The fourth-order valence-electron chi connectivity index (χ4n) is 27.1. The molecule has 20 nitrogen and oxygen atoms in total. The molecule has 141 heavy (non-hydrogen) atoms. The first-order valence-electron chi connectivity index (χ1n) is 52.2. The fraction of sp³-hybridized carbons (Fsp3) is 0.504. The quantitative estimate of drug-likeness (QED) is 0.0377. The molecule has 16 fully saturated rings. The number of phenols is 1. The third kappa shape index (κ3) is 18.4. The van der Waals surface area contributed by atoms with E-state index in [1.165, 1.54) is 199 Å². The van der Waals surface area contributed by atoms with Crippen molar-refractivity contribution in [1.82, 2.24) is 60.0 Å². The number of fused-ring (bicyclic) bond motifs is 12. The number of benzene rings is 8. The highest BCUT2D eigenvalue weighted by Crippen LogP contribution is 2.69. The van der Waals surface area contributed by atoms with Crippen molar-refractivity contribution in [3.63, 3.8) is 0 Å². The number of ether oxygens (including phenoxy) is 5. The molecule has 12 aliphatic carbocycles. The maximum atomic E-state index is 12.2. The van der Waals surface area contributed by atoms with Gasteiger partial charge in [-0.2, -0.15) is 0 Å². The van der Waals surface area contributed by atoms with Gasteiger partial charge in [0, 0.05) is 156 Å². The third-order valence-electron chi connectivity index (χ3n) is 34.1. The second-order valence-electron chi connectivity index (χ2n) is 46.4. The minimum Gasteiger partial charge on any atom is -0.508 e. The van der Waals surface area contributed by atoms with Gasteiger partial charge in [0.05, 0.1) is 37.3 Å². The summed E-state index contributed by atoms with van der Waals surface area (Å²) in [5.41, 5.74) is 22.7. The Labute approximate surface area is 871 Å². The molecule has 8 aliphatic heterocycles. The van der Waals surface area contributed by atoms with Gasteiger partial charge < -0.3 is 69.2 Å². The van der Waals surface area contributed by atoms with Crippen LogP contribution in [0.5, 0.6) is 23.0 Å². The molecule has 24 heteroatoms. The summed E-state index contributed by atoms with van der Waals surface area (Å²) >= 11 is 4.68. The van der Waals surface area contributed by atoms with Gasteiger partial charge in [-0.05, 0) is 324 Å². The Bertz CT molecular complexity index is 6280. The zero-order valence-electron chi connectivity index (χ0n) is 83.7. The minimum atomic E-state index is -0.479. The second kappa shape index (κ2) is 38.7. The van der Waals surface area contributed by atoms with Crippen LogP contribution in [0.25, 0.3) is 43.6 Å². The highest BCUT2D eigenvalue weighted by Gasteiger charge is 2.67. The van der Waals surface area contributed by atoms with Crippen LogP contribution in [0.1, 0.15) is 251 Å². The molecule has 0 radical (unpaired) electrons. The summed E-state index contributed by atoms with van der Waals surface area (Å²) in [6.07, 6.45) is 22.4. The molecule has 20 aliphatic rings. The SMILES string of the molecule is CC(C)(C)OC(=O)N1CC(I)C1.CCCI.C[C@@H]1Cc2c([nH]c3ccccc23)[C@@H](c2ccc(O)cc2)N1C12CC(C1)C2.C[C@@H]1Cc2c([nH]c3ccccc23)[C@@H](c2ccc(OC3CN(C(=O)OC(C)(C)C)C3)cc2)N1C12CC(C1)C2.C[C@@H]1Cc2c([nH]c3ccccc23)[C@@H](c2ccc(OC3CNC3)cc2)N1C12CC(C1)C2.C[C@@H]1Cc2c([nH]c3ccccc23)[C@@H](c2ccc(OC3CNC3)cc2)N1C12CC(C1)C2.Cl.Cl.